The minimum atomic E-state index is -0.713. The monoisotopic (exact) mass is 299 g/mol. The lowest BCUT2D eigenvalue weighted by Crippen LogP contribution is -2.30. The van der Waals surface area contributed by atoms with E-state index in [0.717, 1.165) is 25.0 Å². The number of rotatable bonds is 3. The quantitative estimate of drug-likeness (QED) is 0.923. The van der Waals surface area contributed by atoms with Crippen LogP contribution >= 0.6 is 0 Å². The van der Waals surface area contributed by atoms with Crippen LogP contribution in [0, 0.1) is 0 Å². The summed E-state index contributed by atoms with van der Waals surface area (Å²) in [6, 6.07) is 3.51. The molecule has 22 heavy (non-hydrogen) atoms. The van der Waals surface area contributed by atoms with Crippen LogP contribution in [0.25, 0.3) is 5.82 Å². The average molecular weight is 299 g/mol. The Kier molecular flexibility index (Phi) is 3.66. The maximum absolute atomic E-state index is 12.4. The Labute approximate surface area is 127 Å². The Morgan fingerprint density at radius 2 is 2.14 bits per heavy atom. The third-order valence-corrected chi connectivity index (χ3v) is 3.97. The maximum Gasteiger partial charge on any atom is 0.254 e. The molecular weight excluding hydrogens is 282 g/mol. The first-order valence-electron chi connectivity index (χ1n) is 7.19. The summed E-state index contributed by atoms with van der Waals surface area (Å²) >= 11 is 0. The summed E-state index contributed by atoms with van der Waals surface area (Å²) in [7, 11) is 1.58. The van der Waals surface area contributed by atoms with E-state index >= 15 is 0 Å². The molecule has 3 rings (SSSR count). The molecule has 1 amide bonds. The van der Waals surface area contributed by atoms with Gasteiger partial charge >= 0.3 is 0 Å². The van der Waals surface area contributed by atoms with Crippen LogP contribution in [0.2, 0.25) is 0 Å². The highest BCUT2D eigenvalue weighted by Gasteiger charge is 2.22. The molecule has 2 N–H and O–H groups in total. The van der Waals surface area contributed by atoms with Gasteiger partial charge in [-0.2, -0.15) is 0 Å². The Bertz CT molecular complexity index is 796. The molecule has 6 nitrogen and oxygen atoms in total. The lowest BCUT2D eigenvalue weighted by atomic mass is 9.93. The molecule has 0 aliphatic heterocycles. The molecule has 0 bridgehead atoms. The number of nitrogens with zero attached hydrogens (tertiary/aromatic N) is 2. The van der Waals surface area contributed by atoms with Crippen LogP contribution in [0.5, 0.6) is 5.75 Å². The van der Waals surface area contributed by atoms with Crippen LogP contribution in [0.15, 0.2) is 29.3 Å². The van der Waals surface area contributed by atoms with E-state index in [-0.39, 0.29) is 11.0 Å². The molecule has 2 aromatic heterocycles. The predicted molar refractivity (Wildman–Crippen MR) is 81.5 cm³/mol. The van der Waals surface area contributed by atoms with E-state index in [1.807, 2.05) is 0 Å². The summed E-state index contributed by atoms with van der Waals surface area (Å²) in [4.78, 5) is 28.3. The van der Waals surface area contributed by atoms with Crippen molar-refractivity contribution in [2.24, 2.45) is 5.73 Å². The number of primary amides is 1. The second-order valence-electron chi connectivity index (χ2n) is 5.29. The fourth-order valence-electron chi connectivity index (χ4n) is 2.87. The Hall–Kier alpha value is -2.63. The van der Waals surface area contributed by atoms with Crippen LogP contribution in [0.3, 0.4) is 0 Å². The molecule has 1 aliphatic carbocycles. The standard InChI is InChI=1S/C16H17N3O3/c1-22-10-6-7-18-14(8-10)19-9-12(16(17)21)15(20)11-4-2-3-5-13(11)19/h6-9H,2-5H2,1H3,(H2,17,21). The zero-order chi connectivity index (χ0) is 15.7. The van der Waals surface area contributed by atoms with E-state index in [1.165, 1.54) is 6.20 Å². The molecule has 0 saturated carbocycles. The van der Waals surface area contributed by atoms with E-state index in [4.69, 9.17) is 10.5 Å². The van der Waals surface area contributed by atoms with Gasteiger partial charge in [-0.05, 0) is 31.7 Å². The first-order valence-corrected chi connectivity index (χ1v) is 7.19. The van der Waals surface area contributed by atoms with E-state index < -0.39 is 5.91 Å². The number of methoxy groups -OCH3 is 1. The Morgan fingerprint density at radius 1 is 1.36 bits per heavy atom. The zero-order valence-corrected chi connectivity index (χ0v) is 12.3. The lowest BCUT2D eigenvalue weighted by molar-refractivity contribution is 0.0998. The highest BCUT2D eigenvalue weighted by atomic mass is 16.5. The fourth-order valence-corrected chi connectivity index (χ4v) is 2.87. The minimum absolute atomic E-state index is 0.00488. The van der Waals surface area contributed by atoms with Crippen LogP contribution in [-0.4, -0.2) is 22.6 Å². The number of hydrogen-bond acceptors (Lipinski definition) is 4. The number of amides is 1. The number of fused-ring (bicyclic) bond motifs is 1. The largest absolute Gasteiger partial charge is 0.497 e. The molecule has 0 aromatic carbocycles. The molecule has 0 atom stereocenters. The van der Waals surface area contributed by atoms with Crippen molar-refractivity contribution in [2.75, 3.05) is 7.11 Å². The van der Waals surface area contributed by atoms with Crippen molar-refractivity contribution in [3.05, 3.63) is 51.6 Å². The van der Waals surface area contributed by atoms with Gasteiger partial charge in [0.25, 0.3) is 5.91 Å². The summed E-state index contributed by atoms with van der Waals surface area (Å²) in [5, 5.41) is 0. The van der Waals surface area contributed by atoms with Crippen LogP contribution in [0.4, 0.5) is 0 Å². The third-order valence-electron chi connectivity index (χ3n) is 3.97. The minimum Gasteiger partial charge on any atom is -0.497 e. The van der Waals surface area contributed by atoms with Gasteiger partial charge in [0, 0.05) is 29.7 Å². The van der Waals surface area contributed by atoms with Crippen molar-refractivity contribution in [3.63, 3.8) is 0 Å². The van der Waals surface area contributed by atoms with E-state index in [2.05, 4.69) is 4.98 Å². The highest BCUT2D eigenvalue weighted by Crippen LogP contribution is 2.23. The van der Waals surface area contributed by atoms with Crippen molar-refractivity contribution in [3.8, 4) is 11.6 Å². The van der Waals surface area contributed by atoms with Crippen molar-refractivity contribution < 1.29 is 9.53 Å². The Balaban J connectivity index is 2.28. The molecule has 0 spiro atoms. The topological polar surface area (TPSA) is 87.2 Å². The van der Waals surface area contributed by atoms with Gasteiger partial charge in [-0.15, -0.1) is 0 Å². The molecule has 0 unspecified atom stereocenters. The number of carbonyl (C=O) groups is 1. The molecule has 2 heterocycles. The van der Waals surface area contributed by atoms with Gasteiger partial charge in [-0.25, -0.2) is 4.98 Å². The smallest absolute Gasteiger partial charge is 0.254 e. The van der Waals surface area contributed by atoms with Gasteiger partial charge in [0.15, 0.2) is 5.43 Å². The van der Waals surface area contributed by atoms with Crippen LogP contribution in [-0.2, 0) is 12.8 Å². The first-order chi connectivity index (χ1) is 10.6. The average Bonchev–Trinajstić information content (AvgIpc) is 2.55. The SMILES string of the molecule is COc1ccnc(-n2cc(C(N)=O)c(=O)c3c2CCCC3)c1. The van der Waals surface area contributed by atoms with E-state index in [0.29, 0.717) is 23.6 Å². The van der Waals surface area contributed by atoms with Gasteiger partial charge < -0.3 is 15.0 Å². The normalized spacial score (nSPS) is 13.5. The lowest BCUT2D eigenvalue weighted by Gasteiger charge is -2.21. The first kappa shape index (κ1) is 14.3. The summed E-state index contributed by atoms with van der Waals surface area (Å²) in [5.74, 6) is 0.559. The van der Waals surface area contributed by atoms with Crippen molar-refractivity contribution in [1.82, 2.24) is 9.55 Å². The predicted octanol–water partition coefficient (Wildman–Crippen LogP) is 1.22. The molecule has 0 fully saturated rings. The van der Waals surface area contributed by atoms with Crippen molar-refractivity contribution >= 4 is 5.91 Å². The second kappa shape index (κ2) is 5.63. The van der Waals surface area contributed by atoms with Crippen molar-refractivity contribution in [1.29, 1.82) is 0 Å². The summed E-state index contributed by atoms with van der Waals surface area (Å²) in [5.41, 5.74) is 6.69. The van der Waals surface area contributed by atoms with Gasteiger partial charge in [0.05, 0.1) is 7.11 Å². The second-order valence-corrected chi connectivity index (χ2v) is 5.29. The molecule has 114 valence electrons. The van der Waals surface area contributed by atoms with E-state index in [1.54, 1.807) is 30.0 Å². The van der Waals surface area contributed by atoms with Gasteiger partial charge in [0.2, 0.25) is 0 Å². The third kappa shape index (κ3) is 2.36. The molecular formula is C16H17N3O3. The van der Waals surface area contributed by atoms with Gasteiger partial charge in [0.1, 0.15) is 17.1 Å². The van der Waals surface area contributed by atoms with Crippen LogP contribution < -0.4 is 15.9 Å². The number of hydrogen-bond donors (Lipinski definition) is 1. The highest BCUT2D eigenvalue weighted by molar-refractivity contribution is 5.92. The Morgan fingerprint density at radius 3 is 2.86 bits per heavy atom. The molecule has 2 aromatic rings. The maximum atomic E-state index is 12.4. The number of carbonyl (C=O) groups excluding carboxylic acids is 1. The number of pyridine rings is 2. The molecule has 0 radical (unpaired) electrons. The van der Waals surface area contributed by atoms with Gasteiger partial charge in [-0.1, -0.05) is 0 Å². The van der Waals surface area contributed by atoms with Crippen molar-refractivity contribution in [2.45, 2.75) is 25.7 Å². The van der Waals surface area contributed by atoms with Gasteiger partial charge in [-0.3, -0.25) is 9.59 Å². The summed E-state index contributed by atoms with van der Waals surface area (Å²) < 4.78 is 7.01. The molecule has 1 aliphatic rings. The summed E-state index contributed by atoms with van der Waals surface area (Å²) in [6.07, 6.45) is 6.52. The summed E-state index contributed by atoms with van der Waals surface area (Å²) in [6.45, 7) is 0. The van der Waals surface area contributed by atoms with Crippen LogP contribution in [0.1, 0.15) is 34.5 Å². The van der Waals surface area contributed by atoms with E-state index in [9.17, 15) is 9.59 Å². The number of nitrogens with two attached hydrogens (primary N) is 1. The fraction of sp³-hybridized carbons (Fsp3) is 0.312. The number of aromatic nitrogens is 2. The zero-order valence-electron chi connectivity index (χ0n) is 12.3. The molecule has 0 saturated heterocycles. The number of ether oxygens (including phenoxy) is 1. The molecule has 6 heteroatoms.